The summed E-state index contributed by atoms with van der Waals surface area (Å²) in [7, 11) is 0. The van der Waals surface area contributed by atoms with Gasteiger partial charge in [0.15, 0.2) is 0 Å². The van der Waals surface area contributed by atoms with Gasteiger partial charge < -0.3 is 20.1 Å². The number of carboxylic acid groups (broad SMARTS) is 1. The summed E-state index contributed by atoms with van der Waals surface area (Å²) in [6.07, 6.45) is 3.76. The van der Waals surface area contributed by atoms with Crippen LogP contribution in [0.3, 0.4) is 0 Å². The van der Waals surface area contributed by atoms with E-state index in [9.17, 15) is 14.4 Å². The summed E-state index contributed by atoms with van der Waals surface area (Å²) in [5.74, 6) is -1.22. The molecule has 0 saturated carbocycles. The van der Waals surface area contributed by atoms with Crippen molar-refractivity contribution in [1.29, 1.82) is 0 Å². The molecule has 0 aliphatic carbocycles. The number of hydrogen-bond acceptors (Lipinski definition) is 4. The van der Waals surface area contributed by atoms with Crippen LogP contribution in [-0.2, 0) is 14.3 Å². The summed E-state index contributed by atoms with van der Waals surface area (Å²) in [6.45, 7) is 6.94. The van der Waals surface area contributed by atoms with Gasteiger partial charge in [-0.05, 0) is 46.5 Å². The van der Waals surface area contributed by atoms with Crippen LogP contribution in [0.4, 0.5) is 4.79 Å². The summed E-state index contributed by atoms with van der Waals surface area (Å²) in [4.78, 5) is 36.2. The van der Waals surface area contributed by atoms with Gasteiger partial charge in [0.2, 0.25) is 5.91 Å². The third-order valence-electron chi connectivity index (χ3n) is 3.86. The lowest BCUT2D eigenvalue weighted by atomic mass is 9.98. The van der Waals surface area contributed by atoms with Gasteiger partial charge in [-0.15, -0.1) is 0 Å². The minimum absolute atomic E-state index is 0.0288. The van der Waals surface area contributed by atoms with Crippen LogP contribution in [0.5, 0.6) is 0 Å². The topological polar surface area (TPSA) is 95.9 Å². The molecule has 1 aliphatic heterocycles. The quantitative estimate of drug-likeness (QED) is 0.693. The first kappa shape index (κ1) is 20.3. The van der Waals surface area contributed by atoms with Gasteiger partial charge in [0.05, 0.1) is 5.92 Å². The highest BCUT2D eigenvalue weighted by Crippen LogP contribution is 2.18. The molecule has 1 fully saturated rings. The number of rotatable bonds is 7. The molecule has 7 nitrogen and oxygen atoms in total. The number of nitrogens with one attached hydrogen (secondary N) is 1. The largest absolute Gasteiger partial charge is 0.481 e. The van der Waals surface area contributed by atoms with Crippen LogP contribution in [0.25, 0.3) is 0 Å². The number of carboxylic acids is 1. The zero-order valence-electron chi connectivity index (χ0n) is 15.0. The Balaban J connectivity index is 2.11. The van der Waals surface area contributed by atoms with Crippen molar-refractivity contribution >= 4 is 18.0 Å². The zero-order chi connectivity index (χ0) is 18.2. The van der Waals surface area contributed by atoms with Crippen LogP contribution < -0.4 is 5.32 Å². The predicted octanol–water partition coefficient (Wildman–Crippen LogP) is 2.39. The molecule has 24 heavy (non-hydrogen) atoms. The van der Waals surface area contributed by atoms with E-state index in [0.29, 0.717) is 32.5 Å². The number of carbonyl (C=O) groups excluding carboxylic acids is 2. The molecule has 0 radical (unpaired) electrons. The number of likely N-dealkylation sites (tertiary alicyclic amines) is 1. The van der Waals surface area contributed by atoms with Gasteiger partial charge in [-0.2, -0.15) is 0 Å². The number of unbranched alkanes of at least 4 members (excludes halogenated alkanes) is 2. The number of nitrogens with zero attached hydrogens (tertiary/aromatic N) is 1. The highest BCUT2D eigenvalue weighted by Gasteiger charge is 2.27. The molecule has 7 heteroatoms. The third-order valence-corrected chi connectivity index (χ3v) is 3.86. The van der Waals surface area contributed by atoms with Gasteiger partial charge in [-0.25, -0.2) is 4.79 Å². The van der Waals surface area contributed by atoms with Crippen LogP contribution in [0.15, 0.2) is 0 Å². The zero-order valence-corrected chi connectivity index (χ0v) is 15.0. The molecule has 2 N–H and O–H groups in total. The summed E-state index contributed by atoms with van der Waals surface area (Å²) >= 11 is 0. The molecule has 0 spiro atoms. The number of ether oxygens (including phenoxy) is 1. The summed E-state index contributed by atoms with van der Waals surface area (Å²) < 4.78 is 5.13. The van der Waals surface area contributed by atoms with E-state index in [1.54, 1.807) is 4.90 Å². The maximum absolute atomic E-state index is 12.1. The van der Waals surface area contributed by atoms with Crippen molar-refractivity contribution in [3.63, 3.8) is 0 Å². The van der Waals surface area contributed by atoms with Crippen molar-refractivity contribution in [2.45, 2.75) is 64.9 Å². The van der Waals surface area contributed by atoms with Crippen molar-refractivity contribution in [1.82, 2.24) is 10.2 Å². The van der Waals surface area contributed by atoms with Gasteiger partial charge in [0.25, 0.3) is 0 Å². The van der Waals surface area contributed by atoms with Crippen molar-refractivity contribution in [3.8, 4) is 0 Å². The number of amides is 2. The van der Waals surface area contributed by atoms with Crippen LogP contribution in [-0.4, -0.2) is 53.2 Å². The van der Waals surface area contributed by atoms with Crippen molar-refractivity contribution < 1.29 is 24.2 Å². The second-order valence-corrected chi connectivity index (χ2v) is 7.26. The lowest BCUT2D eigenvalue weighted by Gasteiger charge is -2.30. The monoisotopic (exact) mass is 342 g/mol. The first-order valence-electron chi connectivity index (χ1n) is 8.66. The molecule has 1 aliphatic rings. The third kappa shape index (κ3) is 8.17. The molecule has 1 atom stereocenters. The molecule has 0 aromatic rings. The SMILES string of the molecule is CC(C)(C)OC(=O)NCCCCCC(=O)N1CCCC(C(=O)O)C1. The van der Waals surface area contributed by atoms with Crippen molar-refractivity contribution in [3.05, 3.63) is 0 Å². The Labute approximate surface area is 143 Å². The van der Waals surface area contributed by atoms with E-state index in [-0.39, 0.29) is 5.91 Å². The van der Waals surface area contributed by atoms with E-state index in [1.807, 2.05) is 20.8 Å². The number of hydrogen-bond donors (Lipinski definition) is 2. The van der Waals surface area contributed by atoms with Crippen molar-refractivity contribution in [2.75, 3.05) is 19.6 Å². The fraction of sp³-hybridized carbons (Fsp3) is 0.824. The summed E-state index contributed by atoms with van der Waals surface area (Å²) in [6, 6.07) is 0. The average Bonchev–Trinajstić information content (AvgIpc) is 2.48. The Kier molecular flexibility index (Phi) is 8.01. The molecule has 0 aromatic heterocycles. The first-order valence-corrected chi connectivity index (χ1v) is 8.66. The van der Waals surface area contributed by atoms with Crippen molar-refractivity contribution in [2.24, 2.45) is 5.92 Å². The molecule has 1 saturated heterocycles. The van der Waals surface area contributed by atoms with E-state index in [4.69, 9.17) is 9.84 Å². The van der Waals surface area contributed by atoms with Gasteiger partial charge in [-0.1, -0.05) is 6.42 Å². The number of carbonyl (C=O) groups is 3. The van der Waals surface area contributed by atoms with E-state index >= 15 is 0 Å². The lowest BCUT2D eigenvalue weighted by Crippen LogP contribution is -2.42. The summed E-state index contributed by atoms with van der Waals surface area (Å²) in [5.41, 5.74) is -0.501. The molecule has 0 bridgehead atoms. The second-order valence-electron chi connectivity index (χ2n) is 7.26. The Hall–Kier alpha value is -1.79. The first-order chi connectivity index (χ1) is 11.2. The molecular formula is C17H30N2O5. The van der Waals surface area contributed by atoms with Crippen LogP contribution in [0, 0.1) is 5.92 Å². The Morgan fingerprint density at radius 1 is 1.21 bits per heavy atom. The lowest BCUT2D eigenvalue weighted by molar-refractivity contribution is -0.145. The maximum Gasteiger partial charge on any atom is 0.407 e. The average molecular weight is 342 g/mol. The summed E-state index contributed by atoms with van der Waals surface area (Å²) in [5, 5.41) is 11.7. The van der Waals surface area contributed by atoms with Gasteiger partial charge in [-0.3, -0.25) is 9.59 Å². The Morgan fingerprint density at radius 2 is 1.92 bits per heavy atom. The standard InChI is InChI=1S/C17H30N2O5/c1-17(2,3)24-16(23)18-10-6-4-5-9-14(20)19-11-7-8-13(12-19)15(21)22/h13H,4-12H2,1-3H3,(H,18,23)(H,21,22). The van der Waals surface area contributed by atoms with Crippen LogP contribution >= 0.6 is 0 Å². The molecule has 138 valence electrons. The fourth-order valence-electron chi connectivity index (χ4n) is 2.65. The van der Waals surface area contributed by atoms with Crippen LogP contribution in [0.2, 0.25) is 0 Å². The highest BCUT2D eigenvalue weighted by molar-refractivity contribution is 5.78. The van der Waals surface area contributed by atoms with E-state index in [1.165, 1.54) is 0 Å². The van der Waals surface area contributed by atoms with Gasteiger partial charge in [0, 0.05) is 26.1 Å². The minimum atomic E-state index is -0.819. The smallest absolute Gasteiger partial charge is 0.407 e. The Morgan fingerprint density at radius 3 is 2.54 bits per heavy atom. The van der Waals surface area contributed by atoms with Gasteiger partial charge in [0.1, 0.15) is 5.60 Å². The molecular weight excluding hydrogens is 312 g/mol. The minimum Gasteiger partial charge on any atom is -0.481 e. The van der Waals surface area contributed by atoms with E-state index < -0.39 is 23.6 Å². The second kappa shape index (κ2) is 9.49. The van der Waals surface area contributed by atoms with E-state index in [2.05, 4.69) is 5.32 Å². The normalized spacial score (nSPS) is 18.1. The molecule has 1 rings (SSSR count). The Bertz CT molecular complexity index is 445. The number of piperidine rings is 1. The number of alkyl carbamates (subject to hydrolysis) is 1. The van der Waals surface area contributed by atoms with Gasteiger partial charge >= 0.3 is 12.1 Å². The van der Waals surface area contributed by atoms with Crippen LogP contribution in [0.1, 0.15) is 59.3 Å². The molecule has 1 heterocycles. The molecule has 1 unspecified atom stereocenters. The number of aliphatic carboxylic acids is 1. The highest BCUT2D eigenvalue weighted by atomic mass is 16.6. The van der Waals surface area contributed by atoms with E-state index in [0.717, 1.165) is 25.7 Å². The predicted molar refractivity (Wildman–Crippen MR) is 89.6 cm³/mol. The molecule has 2 amide bonds. The molecule has 0 aromatic carbocycles. The fourth-order valence-corrected chi connectivity index (χ4v) is 2.65. The maximum atomic E-state index is 12.1.